The van der Waals surface area contributed by atoms with Gasteiger partial charge in [0, 0.05) is 19.0 Å². The predicted molar refractivity (Wildman–Crippen MR) is 78.5 cm³/mol. The van der Waals surface area contributed by atoms with Crippen molar-refractivity contribution >= 4 is 5.91 Å². The van der Waals surface area contributed by atoms with Crippen molar-refractivity contribution in [1.29, 1.82) is 0 Å². The van der Waals surface area contributed by atoms with Crippen LogP contribution in [0.2, 0.25) is 0 Å². The van der Waals surface area contributed by atoms with E-state index in [1.165, 1.54) is 22.3 Å². The molecule has 1 N–H and O–H groups in total. The third kappa shape index (κ3) is 2.24. The summed E-state index contributed by atoms with van der Waals surface area (Å²) in [5.41, 5.74) is 4.83. The summed E-state index contributed by atoms with van der Waals surface area (Å²) >= 11 is 0. The van der Waals surface area contributed by atoms with Crippen LogP contribution in [0.1, 0.15) is 28.7 Å². The fourth-order valence-corrected chi connectivity index (χ4v) is 3.83. The third-order valence-electron chi connectivity index (χ3n) is 5.05. The van der Waals surface area contributed by atoms with Crippen molar-refractivity contribution in [3.05, 3.63) is 34.4 Å². The fraction of sp³-hybridized carbons (Fsp3) is 0.588. The van der Waals surface area contributed by atoms with Gasteiger partial charge in [0.2, 0.25) is 5.91 Å². The number of amides is 1. The lowest BCUT2D eigenvalue weighted by Gasteiger charge is -2.34. The van der Waals surface area contributed by atoms with Crippen LogP contribution in [0, 0.1) is 32.6 Å². The molecule has 1 heterocycles. The molecule has 0 aromatic heterocycles. The molecule has 108 valence electrons. The molecular formula is C17H23NO2. The van der Waals surface area contributed by atoms with E-state index in [0.29, 0.717) is 18.3 Å². The second kappa shape index (κ2) is 4.88. The number of aryl methyl sites for hydroxylation is 3. The number of aliphatic hydroxyl groups is 1. The van der Waals surface area contributed by atoms with E-state index in [1.807, 2.05) is 4.90 Å². The highest BCUT2D eigenvalue weighted by atomic mass is 16.3. The molecule has 3 heteroatoms. The van der Waals surface area contributed by atoms with Crippen LogP contribution in [0.3, 0.4) is 0 Å². The van der Waals surface area contributed by atoms with E-state index in [4.69, 9.17) is 0 Å². The molecule has 1 amide bonds. The van der Waals surface area contributed by atoms with E-state index in [1.54, 1.807) is 0 Å². The van der Waals surface area contributed by atoms with Crippen LogP contribution >= 0.6 is 0 Å². The molecule has 1 aromatic rings. The van der Waals surface area contributed by atoms with E-state index < -0.39 is 0 Å². The predicted octanol–water partition coefficient (Wildman–Crippen LogP) is 1.99. The molecule has 1 saturated heterocycles. The normalized spacial score (nSPS) is 28.2. The minimum absolute atomic E-state index is 0.180. The fourth-order valence-electron chi connectivity index (χ4n) is 3.83. The highest BCUT2D eigenvalue weighted by Gasteiger charge is 2.47. The first-order valence-corrected chi connectivity index (χ1v) is 7.48. The molecule has 0 unspecified atom stereocenters. The Morgan fingerprint density at radius 3 is 2.45 bits per heavy atom. The van der Waals surface area contributed by atoms with E-state index in [9.17, 15) is 9.90 Å². The molecule has 1 aliphatic heterocycles. The second-order valence-corrected chi connectivity index (χ2v) is 6.58. The molecule has 1 aliphatic carbocycles. The second-order valence-electron chi connectivity index (χ2n) is 6.58. The monoisotopic (exact) mass is 273 g/mol. The Morgan fingerprint density at radius 2 is 1.90 bits per heavy atom. The summed E-state index contributed by atoms with van der Waals surface area (Å²) in [6.07, 6.45) is 1.19. The van der Waals surface area contributed by atoms with E-state index >= 15 is 0 Å². The van der Waals surface area contributed by atoms with Gasteiger partial charge >= 0.3 is 0 Å². The maximum atomic E-state index is 12.5. The van der Waals surface area contributed by atoms with Gasteiger partial charge in [-0.2, -0.15) is 0 Å². The molecule has 1 aromatic carbocycles. The smallest absolute Gasteiger partial charge is 0.227 e. The third-order valence-corrected chi connectivity index (χ3v) is 5.05. The molecular weight excluding hydrogens is 250 g/mol. The zero-order valence-electron chi connectivity index (χ0n) is 12.5. The van der Waals surface area contributed by atoms with Gasteiger partial charge in [0.1, 0.15) is 0 Å². The van der Waals surface area contributed by atoms with Crippen molar-refractivity contribution in [3.8, 4) is 0 Å². The van der Waals surface area contributed by atoms with Gasteiger partial charge in [-0.1, -0.05) is 17.7 Å². The van der Waals surface area contributed by atoms with Crippen molar-refractivity contribution in [1.82, 2.24) is 4.90 Å². The number of benzene rings is 1. The van der Waals surface area contributed by atoms with Crippen molar-refractivity contribution in [3.63, 3.8) is 0 Å². The molecule has 2 fully saturated rings. The van der Waals surface area contributed by atoms with Crippen molar-refractivity contribution in [2.45, 2.75) is 39.7 Å². The Bertz CT molecular complexity index is 529. The number of fused-ring (bicyclic) bond motifs is 1. The SMILES string of the molecule is Cc1cc(C)c(CC(=O)N2C[C@H]3C[C@@H](O)[C@H]3C2)c(C)c1. The van der Waals surface area contributed by atoms with Crippen LogP contribution in [0.15, 0.2) is 12.1 Å². The first kappa shape index (κ1) is 13.6. The van der Waals surface area contributed by atoms with Crippen LogP contribution in [-0.4, -0.2) is 35.1 Å². The number of likely N-dealkylation sites (tertiary alicyclic amines) is 1. The number of hydrogen-bond donors (Lipinski definition) is 1. The van der Waals surface area contributed by atoms with Gasteiger partial charge in [-0.25, -0.2) is 0 Å². The van der Waals surface area contributed by atoms with Gasteiger partial charge in [0.25, 0.3) is 0 Å². The van der Waals surface area contributed by atoms with Crippen LogP contribution in [0.5, 0.6) is 0 Å². The molecule has 0 spiro atoms. The van der Waals surface area contributed by atoms with Crippen LogP contribution in [0.25, 0.3) is 0 Å². The van der Waals surface area contributed by atoms with Crippen LogP contribution < -0.4 is 0 Å². The Balaban J connectivity index is 1.71. The maximum absolute atomic E-state index is 12.5. The lowest BCUT2D eigenvalue weighted by Crippen LogP contribution is -2.39. The molecule has 3 atom stereocenters. The lowest BCUT2D eigenvalue weighted by atomic mass is 9.74. The van der Waals surface area contributed by atoms with Gasteiger partial charge in [-0.15, -0.1) is 0 Å². The molecule has 0 radical (unpaired) electrons. The molecule has 0 bridgehead atoms. The zero-order valence-corrected chi connectivity index (χ0v) is 12.5. The number of carbonyl (C=O) groups is 1. The summed E-state index contributed by atoms with van der Waals surface area (Å²) in [4.78, 5) is 14.4. The van der Waals surface area contributed by atoms with Gasteiger partial charge in [-0.3, -0.25) is 4.79 Å². The average Bonchev–Trinajstić information content (AvgIpc) is 2.71. The van der Waals surface area contributed by atoms with Gasteiger partial charge < -0.3 is 10.0 Å². The standard InChI is InChI=1S/C17H23NO2/c1-10-4-11(2)14(12(3)5-10)7-17(20)18-8-13-6-16(19)15(13)9-18/h4-5,13,15-16,19H,6-9H2,1-3H3/t13-,15+,16-/m1/s1. The van der Waals surface area contributed by atoms with Crippen LogP contribution in [0.4, 0.5) is 0 Å². The summed E-state index contributed by atoms with van der Waals surface area (Å²) in [6.45, 7) is 7.84. The summed E-state index contributed by atoms with van der Waals surface area (Å²) in [6, 6.07) is 4.29. The highest BCUT2D eigenvalue weighted by Crippen LogP contribution is 2.40. The number of carbonyl (C=O) groups excluding carboxylic acids is 1. The van der Waals surface area contributed by atoms with Crippen molar-refractivity contribution < 1.29 is 9.90 Å². The molecule has 20 heavy (non-hydrogen) atoms. The lowest BCUT2D eigenvalue weighted by molar-refractivity contribution is -0.129. The molecule has 3 rings (SSSR count). The summed E-state index contributed by atoms with van der Waals surface area (Å²) in [7, 11) is 0. The van der Waals surface area contributed by atoms with Crippen molar-refractivity contribution in [2.75, 3.05) is 13.1 Å². The number of aliphatic hydroxyl groups excluding tert-OH is 1. The van der Waals surface area contributed by atoms with Crippen LogP contribution in [-0.2, 0) is 11.2 Å². The minimum Gasteiger partial charge on any atom is -0.393 e. The summed E-state index contributed by atoms with van der Waals surface area (Å²) < 4.78 is 0. The maximum Gasteiger partial charge on any atom is 0.227 e. The Labute approximate surface area is 120 Å². The van der Waals surface area contributed by atoms with Gasteiger partial charge in [0.05, 0.1) is 12.5 Å². The zero-order chi connectivity index (χ0) is 14.4. The minimum atomic E-state index is -0.180. The topological polar surface area (TPSA) is 40.5 Å². The van der Waals surface area contributed by atoms with Gasteiger partial charge in [0.15, 0.2) is 0 Å². The molecule has 1 saturated carbocycles. The Kier molecular flexibility index (Phi) is 3.33. The number of hydrogen-bond acceptors (Lipinski definition) is 2. The first-order valence-electron chi connectivity index (χ1n) is 7.48. The average molecular weight is 273 g/mol. The summed E-state index contributed by atoms with van der Waals surface area (Å²) in [5, 5.41) is 9.69. The Morgan fingerprint density at radius 1 is 1.25 bits per heavy atom. The van der Waals surface area contributed by atoms with Crippen molar-refractivity contribution in [2.24, 2.45) is 11.8 Å². The quantitative estimate of drug-likeness (QED) is 0.895. The van der Waals surface area contributed by atoms with E-state index in [2.05, 4.69) is 32.9 Å². The number of nitrogens with zero attached hydrogens (tertiary/aromatic N) is 1. The van der Waals surface area contributed by atoms with Gasteiger partial charge in [-0.05, 0) is 49.8 Å². The number of rotatable bonds is 2. The Hall–Kier alpha value is -1.35. The largest absolute Gasteiger partial charge is 0.393 e. The highest BCUT2D eigenvalue weighted by molar-refractivity contribution is 5.80. The molecule has 2 aliphatic rings. The van der Waals surface area contributed by atoms with E-state index in [-0.39, 0.29) is 12.0 Å². The molecule has 3 nitrogen and oxygen atoms in total. The van der Waals surface area contributed by atoms with E-state index in [0.717, 1.165) is 19.5 Å². The summed E-state index contributed by atoms with van der Waals surface area (Å²) in [5.74, 6) is 1.08. The first-order chi connectivity index (χ1) is 9.45.